The molecule has 2 unspecified atom stereocenters. The van der Waals surface area contributed by atoms with Gasteiger partial charge in [0.25, 0.3) is 11.5 Å². The zero-order valence-electron chi connectivity index (χ0n) is 16.9. The summed E-state index contributed by atoms with van der Waals surface area (Å²) in [4.78, 5) is 26.2. The zero-order valence-corrected chi connectivity index (χ0v) is 17.7. The van der Waals surface area contributed by atoms with Gasteiger partial charge in [-0.1, -0.05) is 67.1 Å². The predicted octanol–water partition coefficient (Wildman–Crippen LogP) is 4.51. The summed E-state index contributed by atoms with van der Waals surface area (Å²) >= 11 is 1.85. The van der Waals surface area contributed by atoms with Gasteiger partial charge in [-0.15, -0.1) is 0 Å². The van der Waals surface area contributed by atoms with Gasteiger partial charge in [0.2, 0.25) is 0 Å². The Kier molecular flexibility index (Phi) is 6.33. The monoisotopic (exact) mass is 419 g/mol. The third-order valence-corrected chi connectivity index (χ3v) is 6.71. The summed E-state index contributed by atoms with van der Waals surface area (Å²) in [7, 11) is 0. The quantitative estimate of drug-likeness (QED) is 0.638. The number of rotatable bonds is 5. The molecule has 3 aromatic rings. The van der Waals surface area contributed by atoms with Crippen LogP contribution in [-0.2, 0) is 0 Å². The van der Waals surface area contributed by atoms with Crippen LogP contribution < -0.4 is 10.9 Å². The van der Waals surface area contributed by atoms with Crippen molar-refractivity contribution in [1.82, 2.24) is 15.5 Å². The lowest BCUT2D eigenvalue weighted by Gasteiger charge is -2.28. The largest absolute Gasteiger partial charge is 0.349 e. The summed E-state index contributed by atoms with van der Waals surface area (Å²) in [6, 6.07) is 19.2. The molecule has 1 aliphatic rings. The van der Waals surface area contributed by atoms with E-state index in [0.29, 0.717) is 16.5 Å². The Labute approximate surface area is 180 Å². The number of aromatic amines is 1. The number of benzene rings is 2. The Morgan fingerprint density at radius 3 is 2.37 bits per heavy atom. The fourth-order valence-corrected chi connectivity index (χ4v) is 4.93. The SMILES string of the molecule is CSC1CCCC(NC(=O)c2c(-c3ccccc3)c(-c3ccccc3)n[nH]c2=O)C1. The Hall–Kier alpha value is -2.86. The zero-order chi connectivity index (χ0) is 20.9. The van der Waals surface area contributed by atoms with Crippen molar-refractivity contribution < 1.29 is 4.79 Å². The molecule has 5 nitrogen and oxygen atoms in total. The summed E-state index contributed by atoms with van der Waals surface area (Å²) in [6.07, 6.45) is 6.25. The van der Waals surface area contributed by atoms with Crippen LogP contribution in [0, 0.1) is 0 Å². The molecule has 30 heavy (non-hydrogen) atoms. The second kappa shape index (κ2) is 9.30. The van der Waals surface area contributed by atoms with Gasteiger partial charge in [0.05, 0.1) is 5.69 Å². The Balaban J connectivity index is 1.79. The van der Waals surface area contributed by atoms with Crippen LogP contribution in [0.1, 0.15) is 36.0 Å². The first-order chi connectivity index (χ1) is 14.7. The van der Waals surface area contributed by atoms with Gasteiger partial charge < -0.3 is 5.32 Å². The van der Waals surface area contributed by atoms with Crippen molar-refractivity contribution >= 4 is 17.7 Å². The molecule has 6 heteroatoms. The molecule has 2 N–H and O–H groups in total. The number of hydrogen-bond acceptors (Lipinski definition) is 4. The van der Waals surface area contributed by atoms with Crippen LogP contribution in [0.25, 0.3) is 22.4 Å². The molecule has 1 fully saturated rings. The highest BCUT2D eigenvalue weighted by Gasteiger charge is 2.27. The van der Waals surface area contributed by atoms with Gasteiger partial charge in [-0.05, 0) is 31.1 Å². The van der Waals surface area contributed by atoms with Gasteiger partial charge in [-0.2, -0.15) is 16.9 Å². The standard InChI is InChI=1S/C24H25N3O2S/c1-30-19-14-8-13-18(15-19)25-23(28)21-20(16-9-4-2-5-10-16)22(26-27-24(21)29)17-11-6-3-7-12-17/h2-7,9-12,18-19H,8,13-15H2,1H3,(H,25,28)(H,27,29). The highest BCUT2D eigenvalue weighted by Crippen LogP contribution is 2.32. The Morgan fingerprint density at radius 1 is 1.03 bits per heavy atom. The minimum atomic E-state index is -0.469. The minimum Gasteiger partial charge on any atom is -0.349 e. The van der Waals surface area contributed by atoms with Gasteiger partial charge in [-0.3, -0.25) is 9.59 Å². The normalized spacial score (nSPS) is 18.7. The summed E-state index contributed by atoms with van der Waals surface area (Å²) < 4.78 is 0. The lowest BCUT2D eigenvalue weighted by Crippen LogP contribution is -2.41. The van der Waals surface area contributed by atoms with E-state index in [2.05, 4.69) is 21.8 Å². The molecule has 0 spiro atoms. The van der Waals surface area contributed by atoms with E-state index < -0.39 is 5.56 Å². The van der Waals surface area contributed by atoms with E-state index in [0.717, 1.165) is 30.4 Å². The summed E-state index contributed by atoms with van der Waals surface area (Å²) in [5.41, 5.74) is 2.47. The first-order valence-electron chi connectivity index (χ1n) is 10.2. The number of aromatic nitrogens is 2. The molecule has 0 radical (unpaired) electrons. The van der Waals surface area contributed by atoms with Crippen molar-refractivity contribution in [1.29, 1.82) is 0 Å². The number of carbonyl (C=O) groups excluding carboxylic acids is 1. The maximum Gasteiger partial charge on any atom is 0.277 e. The fourth-order valence-electron chi connectivity index (χ4n) is 4.11. The van der Waals surface area contributed by atoms with Crippen LogP contribution in [0.3, 0.4) is 0 Å². The summed E-state index contributed by atoms with van der Waals surface area (Å²) in [5.74, 6) is -0.332. The molecular formula is C24H25N3O2S. The summed E-state index contributed by atoms with van der Waals surface area (Å²) in [5, 5.41) is 10.5. The van der Waals surface area contributed by atoms with Gasteiger partial charge in [0.1, 0.15) is 5.56 Å². The average Bonchev–Trinajstić information content (AvgIpc) is 2.80. The van der Waals surface area contributed by atoms with E-state index in [1.807, 2.05) is 72.4 Å². The summed E-state index contributed by atoms with van der Waals surface area (Å²) in [6.45, 7) is 0. The van der Waals surface area contributed by atoms with Gasteiger partial charge in [0, 0.05) is 22.4 Å². The first kappa shape index (κ1) is 20.4. The number of amides is 1. The lowest BCUT2D eigenvalue weighted by molar-refractivity contribution is 0.0927. The maximum atomic E-state index is 13.3. The molecule has 1 heterocycles. The predicted molar refractivity (Wildman–Crippen MR) is 123 cm³/mol. The molecule has 1 aromatic heterocycles. The van der Waals surface area contributed by atoms with Crippen LogP contribution in [0.5, 0.6) is 0 Å². The van der Waals surface area contributed by atoms with Gasteiger partial charge in [-0.25, -0.2) is 5.10 Å². The number of nitrogens with one attached hydrogen (secondary N) is 2. The Morgan fingerprint density at radius 2 is 1.70 bits per heavy atom. The number of nitrogens with zero attached hydrogens (tertiary/aromatic N) is 1. The molecule has 4 rings (SSSR count). The molecule has 2 aromatic carbocycles. The lowest BCUT2D eigenvalue weighted by atomic mass is 9.93. The van der Waals surface area contributed by atoms with E-state index in [9.17, 15) is 9.59 Å². The molecular weight excluding hydrogens is 394 g/mol. The van der Waals surface area contributed by atoms with E-state index >= 15 is 0 Å². The molecule has 154 valence electrons. The van der Waals surface area contributed by atoms with Crippen molar-refractivity contribution in [2.45, 2.75) is 37.0 Å². The fraction of sp³-hybridized carbons (Fsp3) is 0.292. The van der Waals surface area contributed by atoms with E-state index in [4.69, 9.17) is 0 Å². The smallest absolute Gasteiger partial charge is 0.277 e. The van der Waals surface area contributed by atoms with Crippen molar-refractivity contribution in [2.75, 3.05) is 6.26 Å². The minimum absolute atomic E-state index is 0.0834. The average molecular weight is 420 g/mol. The van der Waals surface area contributed by atoms with Crippen LogP contribution in [0.2, 0.25) is 0 Å². The van der Waals surface area contributed by atoms with Crippen LogP contribution in [-0.4, -0.2) is 33.7 Å². The third kappa shape index (κ3) is 4.33. The highest BCUT2D eigenvalue weighted by atomic mass is 32.2. The van der Waals surface area contributed by atoms with Crippen LogP contribution in [0.4, 0.5) is 0 Å². The van der Waals surface area contributed by atoms with Gasteiger partial charge >= 0.3 is 0 Å². The molecule has 1 saturated carbocycles. The van der Waals surface area contributed by atoms with Crippen molar-refractivity contribution in [3.05, 3.63) is 76.6 Å². The number of hydrogen-bond donors (Lipinski definition) is 2. The molecule has 0 bridgehead atoms. The first-order valence-corrected chi connectivity index (χ1v) is 11.5. The third-order valence-electron chi connectivity index (χ3n) is 5.61. The second-order valence-electron chi connectivity index (χ2n) is 7.58. The van der Waals surface area contributed by atoms with Crippen LogP contribution in [0.15, 0.2) is 65.5 Å². The number of H-pyrrole nitrogens is 1. The van der Waals surface area contributed by atoms with Crippen LogP contribution >= 0.6 is 11.8 Å². The number of carbonyl (C=O) groups is 1. The highest BCUT2D eigenvalue weighted by molar-refractivity contribution is 7.99. The molecule has 2 atom stereocenters. The molecule has 1 amide bonds. The van der Waals surface area contributed by atoms with E-state index in [-0.39, 0.29) is 17.5 Å². The van der Waals surface area contributed by atoms with Crippen molar-refractivity contribution in [3.63, 3.8) is 0 Å². The van der Waals surface area contributed by atoms with Crippen molar-refractivity contribution in [2.24, 2.45) is 0 Å². The maximum absolute atomic E-state index is 13.3. The van der Waals surface area contributed by atoms with Crippen molar-refractivity contribution in [3.8, 4) is 22.4 Å². The van der Waals surface area contributed by atoms with Gasteiger partial charge in [0.15, 0.2) is 0 Å². The molecule has 0 saturated heterocycles. The van der Waals surface area contributed by atoms with E-state index in [1.165, 1.54) is 6.42 Å². The second-order valence-corrected chi connectivity index (χ2v) is 8.72. The van der Waals surface area contributed by atoms with E-state index in [1.54, 1.807) is 0 Å². The Bertz CT molecular complexity index is 1070. The number of thioether (sulfide) groups is 1. The molecule has 1 aliphatic carbocycles. The topological polar surface area (TPSA) is 74.8 Å². The molecule has 0 aliphatic heterocycles.